The number of nitrogens with zero attached hydrogens (tertiary/aromatic N) is 4. The molecule has 3 aromatic rings. The predicted octanol–water partition coefficient (Wildman–Crippen LogP) is 3.40. The van der Waals surface area contributed by atoms with Gasteiger partial charge in [-0.3, -0.25) is 9.58 Å². The van der Waals surface area contributed by atoms with Gasteiger partial charge >= 0.3 is 0 Å². The van der Waals surface area contributed by atoms with Crippen LogP contribution in [0.2, 0.25) is 0 Å². The van der Waals surface area contributed by atoms with Crippen LogP contribution in [-0.4, -0.2) is 57.0 Å². The Balaban J connectivity index is 1.40. The number of aromatic amines is 1. The molecule has 1 aliphatic carbocycles. The molecule has 0 spiro atoms. The SMILES string of the molecule is Cn1cc(-c2c[nH]c3ncc([C@]4(F)CC[C@@H](N5CCOCC5)CC4)cc23)cn1. The smallest absolute Gasteiger partial charge is 0.137 e. The molecule has 0 atom stereocenters. The summed E-state index contributed by atoms with van der Waals surface area (Å²) in [5, 5.41) is 5.21. The minimum Gasteiger partial charge on any atom is -0.379 e. The number of rotatable bonds is 3. The Labute approximate surface area is 163 Å². The molecule has 28 heavy (non-hydrogen) atoms. The van der Waals surface area contributed by atoms with Crippen LogP contribution in [0.3, 0.4) is 0 Å². The first-order chi connectivity index (χ1) is 13.6. The van der Waals surface area contributed by atoms with E-state index in [0.717, 1.165) is 61.3 Å². The molecule has 4 heterocycles. The normalized spacial score (nSPS) is 26.7. The van der Waals surface area contributed by atoms with Crippen LogP contribution in [0.4, 0.5) is 4.39 Å². The number of pyridine rings is 1. The maximum absolute atomic E-state index is 15.9. The lowest BCUT2D eigenvalue weighted by atomic mass is 9.79. The molecule has 148 valence electrons. The van der Waals surface area contributed by atoms with E-state index in [9.17, 15) is 0 Å². The largest absolute Gasteiger partial charge is 0.379 e. The lowest BCUT2D eigenvalue weighted by Gasteiger charge is -2.41. The van der Waals surface area contributed by atoms with Crippen LogP contribution in [0, 0.1) is 0 Å². The topological polar surface area (TPSA) is 59.0 Å². The van der Waals surface area contributed by atoms with E-state index >= 15 is 4.39 Å². The van der Waals surface area contributed by atoms with Gasteiger partial charge in [0.15, 0.2) is 0 Å². The summed E-state index contributed by atoms with van der Waals surface area (Å²) < 4.78 is 23.1. The van der Waals surface area contributed by atoms with Gasteiger partial charge in [-0.1, -0.05) is 0 Å². The second-order valence-corrected chi connectivity index (χ2v) is 8.07. The molecular formula is C21H26FN5O. The van der Waals surface area contributed by atoms with E-state index in [1.807, 2.05) is 31.7 Å². The Morgan fingerprint density at radius 1 is 1.21 bits per heavy atom. The van der Waals surface area contributed by atoms with Crippen molar-refractivity contribution in [2.45, 2.75) is 37.4 Å². The summed E-state index contributed by atoms with van der Waals surface area (Å²) in [5.74, 6) is 0. The summed E-state index contributed by atoms with van der Waals surface area (Å²) in [5.41, 5.74) is 2.21. The zero-order valence-electron chi connectivity index (χ0n) is 16.2. The Morgan fingerprint density at radius 2 is 2.00 bits per heavy atom. The number of nitrogens with one attached hydrogen (secondary N) is 1. The number of ether oxygens (including phenoxy) is 1. The summed E-state index contributed by atoms with van der Waals surface area (Å²) in [4.78, 5) is 10.2. The van der Waals surface area contributed by atoms with Crippen molar-refractivity contribution in [3.63, 3.8) is 0 Å². The molecule has 1 aliphatic heterocycles. The van der Waals surface area contributed by atoms with Crippen LogP contribution in [0.5, 0.6) is 0 Å². The highest BCUT2D eigenvalue weighted by atomic mass is 19.1. The Morgan fingerprint density at radius 3 is 2.71 bits per heavy atom. The third-order valence-corrected chi connectivity index (χ3v) is 6.37. The van der Waals surface area contributed by atoms with Crippen molar-refractivity contribution in [3.8, 4) is 11.1 Å². The van der Waals surface area contributed by atoms with Crippen molar-refractivity contribution < 1.29 is 9.13 Å². The fourth-order valence-electron chi connectivity index (χ4n) is 4.70. The third kappa shape index (κ3) is 3.12. The highest BCUT2D eigenvalue weighted by Crippen LogP contribution is 2.43. The first-order valence-electron chi connectivity index (χ1n) is 10.1. The highest BCUT2D eigenvalue weighted by Gasteiger charge is 2.39. The van der Waals surface area contributed by atoms with Gasteiger partial charge in [0, 0.05) is 66.8 Å². The number of aromatic nitrogens is 4. The summed E-state index contributed by atoms with van der Waals surface area (Å²) in [7, 11) is 1.89. The van der Waals surface area contributed by atoms with Crippen LogP contribution < -0.4 is 0 Å². The molecule has 0 bridgehead atoms. The van der Waals surface area contributed by atoms with E-state index in [2.05, 4.69) is 20.0 Å². The van der Waals surface area contributed by atoms with Crippen LogP contribution in [0.25, 0.3) is 22.2 Å². The first-order valence-corrected chi connectivity index (χ1v) is 10.1. The molecule has 3 aromatic heterocycles. The molecular weight excluding hydrogens is 357 g/mol. The quantitative estimate of drug-likeness (QED) is 0.753. The van der Waals surface area contributed by atoms with Gasteiger partial charge in [0.1, 0.15) is 11.3 Å². The predicted molar refractivity (Wildman–Crippen MR) is 106 cm³/mol. The first kappa shape index (κ1) is 17.8. The van der Waals surface area contributed by atoms with Gasteiger partial charge in [0.25, 0.3) is 0 Å². The van der Waals surface area contributed by atoms with E-state index in [1.54, 1.807) is 10.9 Å². The average molecular weight is 383 g/mol. The van der Waals surface area contributed by atoms with Gasteiger partial charge in [-0.05, 0) is 31.7 Å². The monoisotopic (exact) mass is 383 g/mol. The van der Waals surface area contributed by atoms with E-state index in [-0.39, 0.29) is 0 Å². The molecule has 0 radical (unpaired) electrons. The number of halogens is 1. The molecule has 6 nitrogen and oxygen atoms in total. The van der Waals surface area contributed by atoms with Crippen molar-refractivity contribution in [1.29, 1.82) is 0 Å². The molecule has 1 saturated carbocycles. The number of aryl methyl sites for hydroxylation is 1. The number of hydrogen-bond acceptors (Lipinski definition) is 4. The average Bonchev–Trinajstić information content (AvgIpc) is 3.34. The molecule has 0 amide bonds. The van der Waals surface area contributed by atoms with Gasteiger partial charge in [-0.2, -0.15) is 5.10 Å². The zero-order valence-corrected chi connectivity index (χ0v) is 16.2. The minimum atomic E-state index is -1.30. The molecule has 0 aromatic carbocycles. The zero-order chi connectivity index (χ0) is 19.1. The minimum absolute atomic E-state index is 0.475. The molecule has 1 N–H and O–H groups in total. The molecule has 5 rings (SSSR count). The lowest BCUT2D eigenvalue weighted by Crippen LogP contribution is -2.46. The summed E-state index contributed by atoms with van der Waals surface area (Å²) >= 11 is 0. The van der Waals surface area contributed by atoms with E-state index < -0.39 is 5.67 Å². The van der Waals surface area contributed by atoms with Gasteiger partial charge < -0.3 is 9.72 Å². The number of H-pyrrole nitrogens is 1. The number of morpholine rings is 1. The maximum atomic E-state index is 15.9. The van der Waals surface area contributed by atoms with Gasteiger partial charge in [0.2, 0.25) is 0 Å². The summed E-state index contributed by atoms with van der Waals surface area (Å²) in [6.07, 6.45) is 10.3. The maximum Gasteiger partial charge on any atom is 0.137 e. The van der Waals surface area contributed by atoms with Crippen molar-refractivity contribution in [1.82, 2.24) is 24.6 Å². The van der Waals surface area contributed by atoms with Crippen molar-refractivity contribution in [2.75, 3.05) is 26.3 Å². The summed E-state index contributed by atoms with van der Waals surface area (Å²) in [6, 6.07) is 2.46. The second kappa shape index (κ2) is 6.97. The van der Waals surface area contributed by atoms with Crippen LogP contribution in [0.15, 0.2) is 30.9 Å². The van der Waals surface area contributed by atoms with Gasteiger partial charge in [-0.25, -0.2) is 9.37 Å². The number of hydrogen-bond donors (Lipinski definition) is 1. The van der Waals surface area contributed by atoms with Gasteiger partial charge in [-0.15, -0.1) is 0 Å². The van der Waals surface area contributed by atoms with Crippen molar-refractivity contribution in [2.24, 2.45) is 7.05 Å². The van der Waals surface area contributed by atoms with Crippen LogP contribution in [-0.2, 0) is 17.5 Å². The Hall–Kier alpha value is -2.25. The molecule has 1 saturated heterocycles. The lowest BCUT2D eigenvalue weighted by molar-refractivity contribution is -0.0116. The van der Waals surface area contributed by atoms with Crippen molar-refractivity contribution >= 4 is 11.0 Å². The van der Waals surface area contributed by atoms with Crippen LogP contribution >= 0.6 is 0 Å². The molecule has 0 unspecified atom stereocenters. The second-order valence-electron chi connectivity index (χ2n) is 8.07. The standard InChI is InChI=1S/C21H26FN5O/c1-26-14-15(11-25-26)19-13-24-20-18(19)10-16(12-23-20)21(22)4-2-17(3-5-21)27-6-8-28-9-7-27/h10-14,17H,2-9H2,1H3,(H,23,24)/t17-,21+. The van der Waals surface area contributed by atoms with E-state index in [0.29, 0.717) is 24.4 Å². The Kier molecular flexibility index (Phi) is 4.44. The van der Waals surface area contributed by atoms with Gasteiger partial charge in [0.05, 0.1) is 19.4 Å². The van der Waals surface area contributed by atoms with Crippen molar-refractivity contribution in [3.05, 3.63) is 36.4 Å². The Bertz CT molecular complexity index is 966. The van der Waals surface area contributed by atoms with Crippen LogP contribution in [0.1, 0.15) is 31.2 Å². The highest BCUT2D eigenvalue weighted by molar-refractivity contribution is 5.93. The molecule has 7 heteroatoms. The third-order valence-electron chi connectivity index (χ3n) is 6.37. The van der Waals surface area contributed by atoms with E-state index in [1.165, 1.54) is 0 Å². The number of alkyl halides is 1. The fourth-order valence-corrected chi connectivity index (χ4v) is 4.70. The van der Waals surface area contributed by atoms with E-state index in [4.69, 9.17) is 4.74 Å². The fraction of sp³-hybridized carbons (Fsp3) is 0.524. The summed E-state index contributed by atoms with van der Waals surface area (Å²) in [6.45, 7) is 3.52. The molecule has 2 fully saturated rings. The number of fused-ring (bicyclic) bond motifs is 1. The molecule has 2 aliphatic rings.